The predicted octanol–water partition coefficient (Wildman–Crippen LogP) is 12.2. The number of rotatable bonds is 5. The Kier molecular flexibility index (Phi) is 6.00. The van der Waals surface area contributed by atoms with Crippen LogP contribution in [0.5, 0.6) is 0 Å². The van der Waals surface area contributed by atoms with Crippen molar-refractivity contribution in [2.75, 3.05) is 4.90 Å². The minimum absolute atomic E-state index is 0.630. The van der Waals surface area contributed by atoms with Crippen LogP contribution in [0.3, 0.4) is 0 Å². The summed E-state index contributed by atoms with van der Waals surface area (Å²) in [7, 11) is 0. The molecule has 0 fully saturated rings. The van der Waals surface area contributed by atoms with Gasteiger partial charge in [0.25, 0.3) is 0 Å². The van der Waals surface area contributed by atoms with Gasteiger partial charge in [0.1, 0.15) is 5.52 Å². The van der Waals surface area contributed by atoms with Crippen LogP contribution < -0.4 is 4.90 Å². The molecule has 0 spiro atoms. The molecule has 0 N–H and O–H groups in total. The topological polar surface area (TPSA) is 29.3 Å². The zero-order chi connectivity index (χ0) is 29.7. The lowest BCUT2D eigenvalue weighted by Crippen LogP contribution is -2.11. The maximum Gasteiger partial charge on any atom is 0.227 e. The smallest absolute Gasteiger partial charge is 0.227 e. The van der Waals surface area contributed by atoms with Crippen molar-refractivity contribution in [1.29, 1.82) is 0 Å². The van der Waals surface area contributed by atoms with Gasteiger partial charge in [0.15, 0.2) is 5.58 Å². The standard InChI is InChI=1S/C41H26N2OS/c1-3-11-27(12-4-1)32-15-7-9-17-37(32)43(31-22-23-34-33-16-8-10-18-38(33)45-39(34)26-31)30-21-19-28-20-24-36-40(35(28)25-30)44-41(42-36)29-13-5-2-6-14-29/h1-26H. The molecule has 0 saturated heterocycles. The van der Waals surface area contributed by atoms with Gasteiger partial charge in [-0.3, -0.25) is 0 Å². The zero-order valence-corrected chi connectivity index (χ0v) is 25.0. The fourth-order valence-electron chi connectivity index (χ4n) is 6.35. The molecule has 0 atom stereocenters. The molecule has 7 aromatic carbocycles. The summed E-state index contributed by atoms with van der Waals surface area (Å²) < 4.78 is 9.04. The highest BCUT2D eigenvalue weighted by atomic mass is 32.1. The van der Waals surface area contributed by atoms with E-state index in [1.807, 2.05) is 47.7 Å². The first-order chi connectivity index (χ1) is 22.3. The van der Waals surface area contributed by atoms with Crippen molar-refractivity contribution in [3.05, 3.63) is 158 Å². The summed E-state index contributed by atoms with van der Waals surface area (Å²) in [6.45, 7) is 0. The number of hydrogen-bond donors (Lipinski definition) is 0. The van der Waals surface area contributed by atoms with Gasteiger partial charge in [-0.25, -0.2) is 4.98 Å². The van der Waals surface area contributed by atoms with E-state index in [-0.39, 0.29) is 0 Å². The predicted molar refractivity (Wildman–Crippen MR) is 190 cm³/mol. The lowest BCUT2D eigenvalue weighted by Gasteiger charge is -2.28. The van der Waals surface area contributed by atoms with Crippen molar-refractivity contribution in [1.82, 2.24) is 4.98 Å². The molecule has 0 saturated carbocycles. The molecule has 4 heteroatoms. The van der Waals surface area contributed by atoms with E-state index in [9.17, 15) is 0 Å². The van der Waals surface area contributed by atoms with Crippen LogP contribution in [0, 0.1) is 0 Å². The second-order valence-corrected chi connectivity index (χ2v) is 12.3. The Morgan fingerprint density at radius 2 is 1.18 bits per heavy atom. The minimum atomic E-state index is 0.630. The second kappa shape index (κ2) is 10.5. The fraction of sp³-hybridized carbons (Fsp3) is 0. The lowest BCUT2D eigenvalue weighted by molar-refractivity contribution is 0.623. The van der Waals surface area contributed by atoms with Crippen LogP contribution in [-0.2, 0) is 0 Å². The molecule has 3 nitrogen and oxygen atoms in total. The first-order valence-corrected chi connectivity index (χ1v) is 15.9. The zero-order valence-electron chi connectivity index (χ0n) is 24.2. The van der Waals surface area contributed by atoms with E-state index in [0.29, 0.717) is 5.89 Å². The summed E-state index contributed by atoms with van der Waals surface area (Å²) in [5.74, 6) is 0.630. The van der Waals surface area contributed by atoms with Crippen molar-refractivity contribution in [3.63, 3.8) is 0 Å². The highest BCUT2D eigenvalue weighted by Gasteiger charge is 2.20. The van der Waals surface area contributed by atoms with Crippen LogP contribution in [0.1, 0.15) is 0 Å². The van der Waals surface area contributed by atoms with Crippen molar-refractivity contribution in [2.24, 2.45) is 0 Å². The number of para-hydroxylation sites is 1. The maximum atomic E-state index is 6.47. The molecular weight excluding hydrogens is 569 g/mol. The fourth-order valence-corrected chi connectivity index (χ4v) is 7.49. The van der Waals surface area contributed by atoms with E-state index in [0.717, 1.165) is 44.5 Å². The van der Waals surface area contributed by atoms with Gasteiger partial charge in [0.05, 0.1) is 5.69 Å². The summed E-state index contributed by atoms with van der Waals surface area (Å²) in [5, 5.41) is 4.72. The molecular formula is C41H26N2OS. The number of benzene rings is 7. The largest absolute Gasteiger partial charge is 0.435 e. The van der Waals surface area contributed by atoms with E-state index in [1.165, 1.54) is 31.3 Å². The van der Waals surface area contributed by atoms with Crippen molar-refractivity contribution < 1.29 is 4.42 Å². The van der Waals surface area contributed by atoms with E-state index >= 15 is 0 Å². The number of aromatic nitrogens is 1. The van der Waals surface area contributed by atoms with Crippen LogP contribution in [0.2, 0.25) is 0 Å². The number of oxazole rings is 1. The van der Waals surface area contributed by atoms with Gasteiger partial charge in [-0.2, -0.15) is 0 Å². The van der Waals surface area contributed by atoms with Crippen LogP contribution in [-0.4, -0.2) is 4.98 Å². The first kappa shape index (κ1) is 25.8. The minimum Gasteiger partial charge on any atom is -0.435 e. The Hall–Kier alpha value is -5.71. The Morgan fingerprint density at radius 3 is 2.04 bits per heavy atom. The molecule has 9 aromatic rings. The average molecular weight is 595 g/mol. The summed E-state index contributed by atoms with van der Waals surface area (Å²) in [6, 6.07) is 55.7. The van der Waals surface area contributed by atoms with Gasteiger partial charge in [-0.15, -0.1) is 11.3 Å². The Labute approximate surface area is 264 Å². The lowest BCUT2D eigenvalue weighted by atomic mass is 10.0. The molecule has 0 aliphatic heterocycles. The molecule has 9 rings (SSSR count). The number of thiophene rings is 1. The van der Waals surface area contributed by atoms with Crippen molar-refractivity contribution in [2.45, 2.75) is 0 Å². The summed E-state index contributed by atoms with van der Waals surface area (Å²) in [4.78, 5) is 7.23. The molecule has 0 aliphatic carbocycles. The van der Waals surface area contributed by atoms with E-state index < -0.39 is 0 Å². The first-order valence-electron chi connectivity index (χ1n) is 15.0. The van der Waals surface area contributed by atoms with Crippen molar-refractivity contribution >= 4 is 70.4 Å². The number of hydrogen-bond acceptors (Lipinski definition) is 4. The van der Waals surface area contributed by atoms with E-state index in [2.05, 4.69) is 126 Å². The van der Waals surface area contributed by atoms with Gasteiger partial charge in [-0.1, -0.05) is 103 Å². The Morgan fingerprint density at radius 1 is 0.511 bits per heavy atom. The molecule has 212 valence electrons. The van der Waals surface area contributed by atoms with Gasteiger partial charge >= 0.3 is 0 Å². The van der Waals surface area contributed by atoms with Crippen LogP contribution >= 0.6 is 11.3 Å². The molecule has 0 bridgehead atoms. The second-order valence-electron chi connectivity index (χ2n) is 11.2. The third-order valence-electron chi connectivity index (χ3n) is 8.48. The van der Waals surface area contributed by atoms with Gasteiger partial charge in [-0.05, 0) is 65.5 Å². The molecule has 0 unspecified atom stereocenters. The monoisotopic (exact) mass is 594 g/mol. The molecule has 0 amide bonds. The van der Waals surface area contributed by atoms with Gasteiger partial charge < -0.3 is 9.32 Å². The molecule has 2 heterocycles. The molecule has 2 aromatic heterocycles. The molecule has 0 radical (unpaired) electrons. The highest BCUT2D eigenvalue weighted by molar-refractivity contribution is 7.25. The SMILES string of the molecule is c1ccc(-c2nc3ccc4ccc(N(c5ccc6c(c5)sc5ccccc56)c5ccccc5-c5ccccc5)cc4c3o2)cc1. The van der Waals surface area contributed by atoms with Gasteiger partial charge in [0.2, 0.25) is 5.89 Å². The number of anilines is 3. The highest BCUT2D eigenvalue weighted by Crippen LogP contribution is 2.44. The third-order valence-corrected chi connectivity index (χ3v) is 9.62. The van der Waals surface area contributed by atoms with Crippen LogP contribution in [0.25, 0.3) is 64.6 Å². The van der Waals surface area contributed by atoms with E-state index in [1.54, 1.807) is 0 Å². The summed E-state index contributed by atoms with van der Waals surface area (Å²) in [5.41, 5.74) is 8.21. The molecule has 45 heavy (non-hydrogen) atoms. The van der Waals surface area contributed by atoms with Gasteiger partial charge in [0, 0.05) is 48.1 Å². The summed E-state index contributed by atoms with van der Waals surface area (Å²) in [6.07, 6.45) is 0. The normalized spacial score (nSPS) is 11.6. The maximum absolute atomic E-state index is 6.47. The van der Waals surface area contributed by atoms with E-state index in [4.69, 9.17) is 9.40 Å². The van der Waals surface area contributed by atoms with Crippen LogP contribution in [0.15, 0.2) is 162 Å². The number of fused-ring (bicyclic) bond motifs is 6. The quantitative estimate of drug-likeness (QED) is 0.198. The molecule has 0 aliphatic rings. The average Bonchev–Trinajstić information content (AvgIpc) is 3.71. The van der Waals surface area contributed by atoms with Crippen molar-refractivity contribution in [3.8, 4) is 22.6 Å². The third kappa shape index (κ3) is 4.38. The Balaban J connectivity index is 1.28. The summed E-state index contributed by atoms with van der Waals surface area (Å²) >= 11 is 1.84. The number of nitrogens with zero attached hydrogens (tertiary/aromatic N) is 2. The Bertz CT molecular complexity index is 2500. The van der Waals surface area contributed by atoms with Crippen LogP contribution in [0.4, 0.5) is 17.1 Å².